The van der Waals surface area contributed by atoms with Crippen LogP contribution in [0.4, 0.5) is 42.0 Å². The summed E-state index contributed by atoms with van der Waals surface area (Å²) in [4.78, 5) is 80.5. The molecular weight excluding hydrogens is 836 g/mol. The van der Waals surface area contributed by atoms with Gasteiger partial charge in [-0.25, -0.2) is 14.4 Å². The second kappa shape index (κ2) is 16.5. The normalized spacial score (nSPS) is 22.6. The number of hydrogen-bond acceptors (Lipinski definition) is 13. The molecule has 6 aliphatic rings. The van der Waals surface area contributed by atoms with Crippen LogP contribution in [0.2, 0.25) is 0 Å². The number of fused-ring (bicyclic) bond motifs is 2. The zero-order chi connectivity index (χ0) is 45.2. The maximum absolute atomic E-state index is 15.6. The number of imide groups is 1. The summed E-state index contributed by atoms with van der Waals surface area (Å²) in [5.74, 6) is -7.18. The van der Waals surface area contributed by atoms with Gasteiger partial charge in [-0.15, -0.1) is 0 Å². The number of ether oxygens (including phenoxy) is 1. The SMILES string of the molecule is COc1cc(C(=O)NN2CCC(N3CC4(CCN(c5ccc6c(c5)CN(C5CCC(=O)NC5=O)C6=O)CC4)C3)CC2)c(F)cc1Nc1ncc2c(n1)N(C(C)C)CC(F)(F)C(=O)N2C. The number of carbonyl (C=O) groups excluding carboxylic acids is 5. The van der Waals surface area contributed by atoms with Crippen LogP contribution in [0.3, 0.4) is 0 Å². The van der Waals surface area contributed by atoms with Gasteiger partial charge in [0.1, 0.15) is 23.3 Å². The van der Waals surface area contributed by atoms with Gasteiger partial charge in [-0.05, 0) is 81.2 Å². The quantitative estimate of drug-likeness (QED) is 0.266. The maximum atomic E-state index is 15.6. The molecule has 1 unspecified atom stereocenters. The molecule has 17 nitrogen and oxygen atoms in total. The van der Waals surface area contributed by atoms with Crippen LogP contribution in [0.15, 0.2) is 36.5 Å². The van der Waals surface area contributed by atoms with Gasteiger partial charge in [-0.2, -0.15) is 13.8 Å². The Hall–Kier alpha value is -6.02. The van der Waals surface area contributed by atoms with Crippen LogP contribution >= 0.6 is 0 Å². The van der Waals surface area contributed by atoms with Gasteiger partial charge in [0, 0.05) is 88.7 Å². The lowest BCUT2D eigenvalue weighted by Gasteiger charge is -2.57. The number of nitrogens with one attached hydrogen (secondary N) is 3. The van der Waals surface area contributed by atoms with E-state index in [-0.39, 0.29) is 58.1 Å². The summed E-state index contributed by atoms with van der Waals surface area (Å²) in [6.45, 7) is 7.93. The van der Waals surface area contributed by atoms with Crippen molar-refractivity contribution in [2.45, 2.75) is 83.0 Å². The number of nitrogens with zero attached hydrogens (tertiary/aromatic N) is 8. The van der Waals surface area contributed by atoms with Crippen molar-refractivity contribution in [3.63, 3.8) is 0 Å². The lowest BCUT2D eigenvalue weighted by molar-refractivity contribution is -0.140. The van der Waals surface area contributed by atoms with Crippen LogP contribution in [0, 0.1) is 11.2 Å². The summed E-state index contributed by atoms with van der Waals surface area (Å²) < 4.78 is 50.7. The lowest BCUT2D eigenvalue weighted by atomic mass is 9.71. The molecule has 20 heteroatoms. The smallest absolute Gasteiger partial charge is 0.342 e. The molecule has 9 rings (SSSR count). The van der Waals surface area contributed by atoms with E-state index in [4.69, 9.17) is 4.74 Å². The number of methoxy groups -OCH3 is 1. The molecule has 1 aromatic heterocycles. The summed E-state index contributed by atoms with van der Waals surface area (Å²) in [6.07, 6.45) is 5.61. The average Bonchev–Trinajstić information content (AvgIpc) is 3.55. The first-order valence-electron chi connectivity index (χ1n) is 21.8. The van der Waals surface area contributed by atoms with Crippen molar-refractivity contribution in [1.29, 1.82) is 0 Å². The molecule has 3 N–H and O–H groups in total. The zero-order valence-electron chi connectivity index (χ0n) is 36.3. The third-order valence-corrected chi connectivity index (χ3v) is 13.8. The second-order valence-electron chi connectivity index (χ2n) is 18.1. The molecule has 2 aromatic carbocycles. The van der Waals surface area contributed by atoms with Crippen LogP contribution in [-0.4, -0.2) is 138 Å². The van der Waals surface area contributed by atoms with E-state index in [1.807, 2.05) is 17.1 Å². The topological polar surface area (TPSA) is 176 Å². The minimum atomic E-state index is -3.66. The fraction of sp³-hybridized carbons (Fsp3) is 0.523. The van der Waals surface area contributed by atoms with E-state index in [2.05, 4.69) is 41.9 Å². The van der Waals surface area contributed by atoms with Gasteiger partial charge in [0.15, 0.2) is 5.82 Å². The maximum Gasteiger partial charge on any atom is 0.342 e. The Morgan fingerprint density at radius 3 is 2.41 bits per heavy atom. The van der Waals surface area contributed by atoms with Crippen molar-refractivity contribution in [1.82, 2.24) is 35.5 Å². The molecule has 4 saturated heterocycles. The first-order chi connectivity index (χ1) is 30.5. The molecular formula is C44H52F3N11O6. The van der Waals surface area contributed by atoms with Crippen molar-refractivity contribution in [2.75, 3.05) is 80.0 Å². The Labute approximate surface area is 368 Å². The highest BCUT2D eigenvalue weighted by atomic mass is 19.3. The summed E-state index contributed by atoms with van der Waals surface area (Å²) in [5.41, 5.74) is 5.68. The number of amides is 5. The number of alkyl halides is 2. The standard InChI is InChI=1S/C44H52F3N11O6/c1-25(2)58-24-44(46,47)41(63)53(3)34-20-48-42(51-37(34)58)49-32-19-31(45)30(18-35(32)64-4)38(60)52-56-13-9-27(10-14-56)55-22-43(23-55)11-15-54(16-12-43)28-5-6-29-26(17-28)21-57(40(29)62)33-7-8-36(59)50-39(33)61/h5-6,17-20,25,27,33H,7-16,21-24H2,1-4H3,(H,52,60)(H,48,49,51)(H,50,59,61). The summed E-state index contributed by atoms with van der Waals surface area (Å²) in [5, 5.41) is 7.06. The number of carbonyl (C=O) groups is 5. The van der Waals surface area contributed by atoms with Gasteiger partial charge in [-0.3, -0.25) is 39.6 Å². The number of benzene rings is 2. The Morgan fingerprint density at radius 2 is 1.72 bits per heavy atom. The van der Waals surface area contributed by atoms with Gasteiger partial charge >= 0.3 is 5.92 Å². The number of hydrogen-bond donors (Lipinski definition) is 3. The third-order valence-electron chi connectivity index (χ3n) is 13.8. The highest BCUT2D eigenvalue weighted by Crippen LogP contribution is 2.44. The predicted octanol–water partition coefficient (Wildman–Crippen LogP) is 3.67. The van der Waals surface area contributed by atoms with Crippen LogP contribution in [0.5, 0.6) is 5.75 Å². The van der Waals surface area contributed by atoms with Crippen LogP contribution in [0.25, 0.3) is 0 Å². The Bertz CT molecular complexity index is 2400. The minimum Gasteiger partial charge on any atom is -0.495 e. The molecule has 3 aromatic rings. The zero-order valence-corrected chi connectivity index (χ0v) is 36.3. The number of halogens is 3. The number of rotatable bonds is 9. The monoisotopic (exact) mass is 887 g/mol. The van der Waals surface area contributed by atoms with Crippen LogP contribution < -0.4 is 35.5 Å². The Kier molecular flexibility index (Phi) is 11.2. The van der Waals surface area contributed by atoms with E-state index in [0.717, 1.165) is 74.1 Å². The van der Waals surface area contributed by atoms with Crippen molar-refractivity contribution in [2.24, 2.45) is 5.41 Å². The van der Waals surface area contributed by atoms with Crippen LogP contribution in [-0.2, 0) is 20.9 Å². The van der Waals surface area contributed by atoms with Crippen molar-refractivity contribution in [3.05, 3.63) is 59.0 Å². The molecule has 6 aliphatic heterocycles. The highest BCUT2D eigenvalue weighted by Gasteiger charge is 2.49. The molecule has 0 bridgehead atoms. The third kappa shape index (κ3) is 7.94. The van der Waals surface area contributed by atoms with Gasteiger partial charge in [0.2, 0.25) is 17.8 Å². The molecule has 1 spiro atoms. The van der Waals surface area contributed by atoms with Crippen molar-refractivity contribution in [3.8, 4) is 5.75 Å². The Morgan fingerprint density at radius 1 is 0.984 bits per heavy atom. The number of likely N-dealkylation sites (tertiary alicyclic amines) is 1. The van der Waals surface area contributed by atoms with E-state index < -0.39 is 48.1 Å². The first kappa shape index (κ1) is 43.2. The summed E-state index contributed by atoms with van der Waals surface area (Å²) in [6, 6.07) is 7.61. The highest BCUT2D eigenvalue weighted by molar-refractivity contribution is 6.06. The van der Waals surface area contributed by atoms with Gasteiger partial charge < -0.3 is 29.7 Å². The first-order valence-corrected chi connectivity index (χ1v) is 21.8. The fourth-order valence-corrected chi connectivity index (χ4v) is 10.1. The van der Waals surface area contributed by atoms with E-state index >= 15 is 4.39 Å². The predicted molar refractivity (Wildman–Crippen MR) is 229 cm³/mol. The van der Waals surface area contributed by atoms with E-state index in [9.17, 15) is 32.8 Å². The van der Waals surface area contributed by atoms with E-state index in [1.54, 1.807) is 18.7 Å². The van der Waals surface area contributed by atoms with Crippen LogP contribution in [0.1, 0.15) is 78.7 Å². The van der Waals surface area contributed by atoms with E-state index in [0.29, 0.717) is 37.7 Å². The minimum absolute atomic E-state index is 0.0516. The number of anilines is 5. The van der Waals surface area contributed by atoms with E-state index in [1.165, 1.54) is 31.3 Å². The molecule has 64 heavy (non-hydrogen) atoms. The molecule has 0 radical (unpaired) electrons. The molecule has 340 valence electrons. The second-order valence-corrected chi connectivity index (χ2v) is 18.1. The van der Waals surface area contributed by atoms with Gasteiger partial charge in [0.25, 0.3) is 17.7 Å². The largest absolute Gasteiger partial charge is 0.495 e. The molecule has 0 saturated carbocycles. The molecule has 4 fully saturated rings. The summed E-state index contributed by atoms with van der Waals surface area (Å²) in [7, 11) is 2.61. The molecule has 1 atom stereocenters. The van der Waals surface area contributed by atoms with Gasteiger partial charge in [0.05, 0.1) is 31.1 Å². The molecule has 5 amide bonds. The molecule has 7 heterocycles. The van der Waals surface area contributed by atoms with Gasteiger partial charge in [-0.1, -0.05) is 0 Å². The van der Waals surface area contributed by atoms with Crippen molar-refractivity contribution < 1.29 is 41.9 Å². The summed E-state index contributed by atoms with van der Waals surface area (Å²) >= 11 is 0. The fourth-order valence-electron chi connectivity index (χ4n) is 10.1. The lowest BCUT2D eigenvalue weighted by Crippen LogP contribution is -2.64. The molecule has 0 aliphatic carbocycles. The average molecular weight is 888 g/mol. The number of hydrazine groups is 1. The number of aromatic nitrogens is 2. The number of piperidine rings is 3. The Balaban J connectivity index is 0.757. The van der Waals surface area contributed by atoms with Crippen molar-refractivity contribution >= 4 is 58.4 Å².